The summed E-state index contributed by atoms with van der Waals surface area (Å²) in [6.45, 7) is 0.181. The molecule has 1 fully saturated rings. The summed E-state index contributed by atoms with van der Waals surface area (Å²) in [5.41, 5.74) is 1.71. The number of carboxylic acids is 1. The van der Waals surface area contributed by atoms with E-state index >= 15 is 0 Å². The second-order valence-electron chi connectivity index (χ2n) is 9.35. The Morgan fingerprint density at radius 2 is 2.00 bits per heavy atom. The maximum absolute atomic E-state index is 13.4. The zero-order valence-electron chi connectivity index (χ0n) is 19.9. The summed E-state index contributed by atoms with van der Waals surface area (Å²) in [5.74, 6) is -1.95. The molecule has 2 amide bonds. The normalized spacial score (nSPS) is 16.1. The topological polar surface area (TPSA) is 127 Å². The molecule has 11 heteroatoms. The molecule has 0 bridgehead atoms. The van der Waals surface area contributed by atoms with E-state index in [0.717, 1.165) is 35.3 Å². The number of aromatic nitrogens is 1. The lowest BCUT2D eigenvalue weighted by Gasteiger charge is -2.26. The van der Waals surface area contributed by atoms with Crippen molar-refractivity contribution in [3.63, 3.8) is 0 Å². The number of ether oxygens (including phenoxy) is 1. The number of hydrogen-bond donors (Lipinski definition) is 3. The molecule has 0 saturated heterocycles. The lowest BCUT2D eigenvalue weighted by molar-refractivity contribution is -0.119. The Bertz CT molecular complexity index is 1480. The summed E-state index contributed by atoms with van der Waals surface area (Å²) in [5, 5.41) is 17.2. The van der Waals surface area contributed by atoms with Crippen molar-refractivity contribution >= 4 is 45.7 Å². The van der Waals surface area contributed by atoms with E-state index in [9.17, 15) is 19.2 Å². The van der Waals surface area contributed by atoms with E-state index in [-0.39, 0.29) is 35.6 Å². The number of thiophene rings is 1. The lowest BCUT2D eigenvalue weighted by atomic mass is 9.89. The number of amides is 2. The second-order valence-corrected chi connectivity index (χ2v) is 10.7. The highest BCUT2D eigenvalue weighted by Gasteiger charge is 2.46. The number of halogens is 1. The smallest absolute Gasteiger partial charge is 0.336 e. The van der Waals surface area contributed by atoms with Crippen LogP contribution in [0.3, 0.4) is 0 Å². The van der Waals surface area contributed by atoms with E-state index < -0.39 is 23.5 Å². The molecule has 1 saturated carbocycles. The molecule has 3 heterocycles. The van der Waals surface area contributed by atoms with Gasteiger partial charge in [0.2, 0.25) is 5.91 Å². The first-order valence-corrected chi connectivity index (χ1v) is 12.9. The molecule has 37 heavy (non-hydrogen) atoms. The third-order valence-corrected chi connectivity index (χ3v) is 7.86. The van der Waals surface area contributed by atoms with Gasteiger partial charge >= 0.3 is 5.97 Å². The standard InChI is InChI=1S/C26H24ClN3O6S/c1-36-7-4-20(24(33)28-21-8-15(13-37-21)25(34)35)30-12-19-18(10-22(30)31)17-9-16(27)3-2-14(17)11-26(5-6-26)29-23(19)32/h2-3,8-10,12-13,20H,4-7,11H2,1H3,(H,28,33)(H,29,32)(H,34,35). The molecule has 1 unspecified atom stereocenters. The van der Waals surface area contributed by atoms with Gasteiger partial charge in [0.1, 0.15) is 6.04 Å². The number of anilines is 1. The molecule has 1 aliphatic carbocycles. The van der Waals surface area contributed by atoms with E-state index in [1.165, 1.54) is 35.4 Å². The molecule has 9 nitrogen and oxygen atoms in total. The van der Waals surface area contributed by atoms with Crippen LogP contribution in [0.25, 0.3) is 11.1 Å². The van der Waals surface area contributed by atoms with E-state index in [4.69, 9.17) is 21.4 Å². The van der Waals surface area contributed by atoms with Crippen LogP contribution >= 0.6 is 22.9 Å². The first kappa shape index (κ1) is 25.2. The Morgan fingerprint density at radius 3 is 2.68 bits per heavy atom. The fourth-order valence-corrected chi connectivity index (χ4v) is 5.61. The van der Waals surface area contributed by atoms with Crippen molar-refractivity contribution in [3.05, 3.63) is 74.0 Å². The second kappa shape index (κ2) is 9.77. The van der Waals surface area contributed by atoms with Gasteiger partial charge in [0, 0.05) is 53.9 Å². The van der Waals surface area contributed by atoms with Crippen LogP contribution in [0, 0.1) is 0 Å². The van der Waals surface area contributed by atoms with Gasteiger partial charge in [-0.15, -0.1) is 11.3 Å². The predicted molar refractivity (Wildman–Crippen MR) is 140 cm³/mol. The number of pyridine rings is 1. The van der Waals surface area contributed by atoms with Crippen molar-refractivity contribution in [2.24, 2.45) is 0 Å². The van der Waals surface area contributed by atoms with Crippen LogP contribution in [0.5, 0.6) is 0 Å². The minimum absolute atomic E-state index is 0.0509. The largest absolute Gasteiger partial charge is 0.478 e. The van der Waals surface area contributed by atoms with Crippen molar-refractivity contribution in [2.75, 3.05) is 19.0 Å². The Morgan fingerprint density at radius 1 is 1.22 bits per heavy atom. The number of rotatable bonds is 7. The Kier molecular flexibility index (Phi) is 6.65. The zero-order valence-corrected chi connectivity index (χ0v) is 21.4. The molecule has 1 aromatic carbocycles. The van der Waals surface area contributed by atoms with Gasteiger partial charge in [-0.2, -0.15) is 0 Å². The highest BCUT2D eigenvalue weighted by atomic mass is 35.5. The number of nitrogens with zero attached hydrogens (tertiary/aromatic N) is 1. The van der Waals surface area contributed by atoms with Crippen LogP contribution in [-0.2, 0) is 16.0 Å². The van der Waals surface area contributed by atoms with Gasteiger partial charge in [0.25, 0.3) is 11.5 Å². The van der Waals surface area contributed by atoms with Crippen LogP contribution in [0.15, 0.2) is 46.7 Å². The van der Waals surface area contributed by atoms with Crippen LogP contribution in [-0.4, -0.2) is 46.7 Å². The van der Waals surface area contributed by atoms with Crippen LogP contribution < -0.4 is 16.2 Å². The number of hydrogen-bond acceptors (Lipinski definition) is 6. The van der Waals surface area contributed by atoms with Crippen LogP contribution in [0.4, 0.5) is 5.00 Å². The third-order valence-electron chi connectivity index (χ3n) is 6.78. The fourth-order valence-electron chi connectivity index (χ4n) is 4.66. The molecule has 1 spiro atoms. The molecule has 0 radical (unpaired) electrons. The summed E-state index contributed by atoms with van der Waals surface area (Å²) < 4.78 is 6.41. The van der Waals surface area contributed by atoms with Crippen molar-refractivity contribution in [3.8, 4) is 11.1 Å². The maximum Gasteiger partial charge on any atom is 0.336 e. The van der Waals surface area contributed by atoms with Crippen molar-refractivity contribution < 1.29 is 24.2 Å². The molecule has 1 aliphatic heterocycles. The summed E-state index contributed by atoms with van der Waals surface area (Å²) >= 11 is 7.36. The molecule has 1 atom stereocenters. The molecule has 2 aliphatic rings. The monoisotopic (exact) mass is 541 g/mol. The fraction of sp³-hybridized carbons (Fsp3) is 0.308. The zero-order chi connectivity index (χ0) is 26.3. The van der Waals surface area contributed by atoms with Gasteiger partial charge in [0.15, 0.2) is 0 Å². The molecule has 2 aromatic heterocycles. The summed E-state index contributed by atoms with van der Waals surface area (Å²) in [7, 11) is 1.49. The number of methoxy groups -OCH3 is 1. The number of nitrogens with one attached hydrogen (secondary N) is 2. The summed E-state index contributed by atoms with van der Waals surface area (Å²) in [6.07, 6.45) is 3.94. The van der Waals surface area contributed by atoms with Gasteiger partial charge in [-0.3, -0.25) is 14.4 Å². The molecule has 3 aromatic rings. The van der Waals surface area contributed by atoms with Gasteiger partial charge in [-0.05, 0) is 48.6 Å². The average Bonchev–Trinajstić information content (AvgIpc) is 3.43. The van der Waals surface area contributed by atoms with Crippen molar-refractivity contribution in [1.29, 1.82) is 0 Å². The molecule has 5 rings (SSSR count). The minimum Gasteiger partial charge on any atom is -0.478 e. The van der Waals surface area contributed by atoms with E-state index in [2.05, 4.69) is 10.6 Å². The van der Waals surface area contributed by atoms with E-state index in [1.54, 1.807) is 12.1 Å². The number of aromatic carboxylic acids is 1. The third kappa shape index (κ3) is 5.04. The quantitative estimate of drug-likeness (QED) is 0.415. The van der Waals surface area contributed by atoms with Gasteiger partial charge in [0.05, 0.1) is 16.1 Å². The Hall–Kier alpha value is -3.47. The molecule has 3 N–H and O–H groups in total. The molecular weight excluding hydrogens is 518 g/mol. The molecule has 192 valence electrons. The van der Waals surface area contributed by atoms with E-state index in [1.807, 2.05) is 6.07 Å². The first-order valence-electron chi connectivity index (χ1n) is 11.7. The lowest BCUT2D eigenvalue weighted by Crippen LogP contribution is -2.41. The number of benzene rings is 1. The molecular formula is C26H24ClN3O6S. The number of carbonyl (C=O) groups is 3. The van der Waals surface area contributed by atoms with E-state index in [0.29, 0.717) is 22.0 Å². The maximum atomic E-state index is 13.4. The van der Waals surface area contributed by atoms with Crippen molar-refractivity contribution in [1.82, 2.24) is 9.88 Å². The highest BCUT2D eigenvalue weighted by Crippen LogP contribution is 2.43. The van der Waals surface area contributed by atoms with Gasteiger partial charge in [-0.1, -0.05) is 17.7 Å². The SMILES string of the molecule is COCCC(C(=O)Nc1cc(C(=O)O)cs1)n1cc2c(cc1=O)-c1cc(Cl)ccc1CC1(CC1)NC2=O. The first-order chi connectivity index (χ1) is 17.7. The van der Waals surface area contributed by atoms with Crippen LogP contribution in [0.2, 0.25) is 5.02 Å². The Labute approximate surface area is 221 Å². The predicted octanol–water partition coefficient (Wildman–Crippen LogP) is 3.96. The van der Waals surface area contributed by atoms with Gasteiger partial charge < -0.3 is 25.0 Å². The Balaban J connectivity index is 1.58. The average molecular weight is 542 g/mol. The summed E-state index contributed by atoms with van der Waals surface area (Å²) in [4.78, 5) is 51.3. The minimum atomic E-state index is -1.11. The van der Waals surface area contributed by atoms with Crippen molar-refractivity contribution in [2.45, 2.75) is 37.3 Å². The highest BCUT2D eigenvalue weighted by molar-refractivity contribution is 7.14. The summed E-state index contributed by atoms with van der Waals surface area (Å²) in [6, 6.07) is 7.21. The number of carboxylic acid groups (broad SMARTS) is 1. The van der Waals surface area contributed by atoms with Crippen LogP contribution in [0.1, 0.15) is 51.6 Å². The number of carbonyl (C=O) groups excluding carboxylic acids is 2. The van der Waals surface area contributed by atoms with Gasteiger partial charge in [-0.25, -0.2) is 4.79 Å². The number of fused-ring (bicyclic) bond motifs is 3.